The molecule has 0 bridgehead atoms. The van der Waals surface area contributed by atoms with Crippen LogP contribution in [0.1, 0.15) is 12.8 Å². The summed E-state index contributed by atoms with van der Waals surface area (Å²) >= 11 is 5.27. The second-order valence-corrected chi connectivity index (χ2v) is 2.97. The average molecular weight is 199 g/mol. The van der Waals surface area contributed by atoms with Gasteiger partial charge in [0.1, 0.15) is 5.54 Å². The molecule has 1 saturated carbocycles. The van der Waals surface area contributed by atoms with Gasteiger partial charge in [-0.25, -0.2) is 13.6 Å². The third-order valence-corrected chi connectivity index (χ3v) is 2.14. The Morgan fingerprint density at radius 1 is 1.58 bits per heavy atom. The standard InChI is InChI=1S/C6H9ClF2N2O/c7-11-6(1-2-6)5(12)10-3-4(8)9/h4,11H,1-3H2,(H,10,12). The van der Waals surface area contributed by atoms with Crippen LogP contribution in [0.2, 0.25) is 0 Å². The van der Waals surface area contributed by atoms with Gasteiger partial charge in [0.25, 0.3) is 6.43 Å². The molecule has 12 heavy (non-hydrogen) atoms. The van der Waals surface area contributed by atoms with Crippen molar-refractivity contribution in [1.82, 2.24) is 10.2 Å². The molecule has 1 aliphatic rings. The van der Waals surface area contributed by atoms with E-state index in [9.17, 15) is 13.6 Å². The summed E-state index contributed by atoms with van der Waals surface area (Å²) in [6.45, 7) is -0.612. The fraction of sp³-hybridized carbons (Fsp3) is 0.833. The normalized spacial score (nSPS) is 19.3. The van der Waals surface area contributed by atoms with Crippen molar-refractivity contribution in [2.75, 3.05) is 6.54 Å². The zero-order valence-corrected chi connectivity index (χ0v) is 7.00. The van der Waals surface area contributed by atoms with E-state index in [-0.39, 0.29) is 0 Å². The van der Waals surface area contributed by atoms with Crippen LogP contribution in [0.3, 0.4) is 0 Å². The highest BCUT2D eigenvalue weighted by atomic mass is 35.5. The second kappa shape index (κ2) is 3.53. The van der Waals surface area contributed by atoms with Gasteiger partial charge in [0, 0.05) is 0 Å². The van der Waals surface area contributed by atoms with Crippen LogP contribution in [0.5, 0.6) is 0 Å². The van der Waals surface area contributed by atoms with E-state index >= 15 is 0 Å². The van der Waals surface area contributed by atoms with Crippen LogP contribution < -0.4 is 10.2 Å². The van der Waals surface area contributed by atoms with Gasteiger partial charge in [-0.05, 0) is 24.6 Å². The third kappa shape index (κ3) is 2.04. The SMILES string of the molecule is O=C(NCC(F)F)C1(NCl)CC1. The minimum atomic E-state index is -2.51. The smallest absolute Gasteiger partial charge is 0.255 e. The molecule has 0 heterocycles. The van der Waals surface area contributed by atoms with E-state index < -0.39 is 24.4 Å². The van der Waals surface area contributed by atoms with Gasteiger partial charge in [-0.3, -0.25) is 4.79 Å². The van der Waals surface area contributed by atoms with Gasteiger partial charge in [0.15, 0.2) is 0 Å². The van der Waals surface area contributed by atoms with Crippen molar-refractivity contribution in [3.8, 4) is 0 Å². The van der Waals surface area contributed by atoms with Gasteiger partial charge >= 0.3 is 0 Å². The van der Waals surface area contributed by atoms with Crippen LogP contribution in [-0.4, -0.2) is 24.4 Å². The first-order chi connectivity index (χ1) is 5.60. The lowest BCUT2D eigenvalue weighted by Gasteiger charge is -2.11. The summed E-state index contributed by atoms with van der Waals surface area (Å²) in [6, 6.07) is 0. The number of carbonyl (C=O) groups is 1. The minimum Gasteiger partial charge on any atom is -0.349 e. The van der Waals surface area contributed by atoms with E-state index in [4.69, 9.17) is 11.8 Å². The van der Waals surface area contributed by atoms with Gasteiger partial charge in [-0.1, -0.05) is 0 Å². The van der Waals surface area contributed by atoms with Crippen LogP contribution in [0, 0.1) is 0 Å². The zero-order valence-electron chi connectivity index (χ0n) is 6.24. The Morgan fingerprint density at radius 2 is 2.17 bits per heavy atom. The predicted molar refractivity (Wildman–Crippen MR) is 40.0 cm³/mol. The van der Waals surface area contributed by atoms with Crippen molar-refractivity contribution in [3.63, 3.8) is 0 Å². The first-order valence-corrected chi connectivity index (χ1v) is 3.93. The van der Waals surface area contributed by atoms with Crippen molar-refractivity contribution in [3.05, 3.63) is 0 Å². The molecule has 1 fully saturated rings. The molecule has 1 aliphatic carbocycles. The lowest BCUT2D eigenvalue weighted by Crippen LogP contribution is -2.44. The number of hydrogen-bond donors (Lipinski definition) is 2. The lowest BCUT2D eigenvalue weighted by atomic mass is 10.3. The molecule has 0 radical (unpaired) electrons. The minimum absolute atomic E-state index is 0.446. The van der Waals surface area contributed by atoms with Crippen molar-refractivity contribution < 1.29 is 13.6 Å². The maximum atomic E-state index is 11.6. The Bertz CT molecular complexity index is 184. The van der Waals surface area contributed by atoms with Gasteiger partial charge in [-0.2, -0.15) is 0 Å². The highest BCUT2D eigenvalue weighted by molar-refractivity contribution is 6.16. The van der Waals surface area contributed by atoms with E-state index in [2.05, 4.69) is 10.2 Å². The second-order valence-electron chi connectivity index (χ2n) is 2.78. The molecule has 0 spiro atoms. The molecule has 0 aromatic heterocycles. The molecule has 1 rings (SSSR count). The summed E-state index contributed by atoms with van der Waals surface area (Å²) < 4.78 is 23.3. The molecule has 2 N–H and O–H groups in total. The summed E-state index contributed by atoms with van der Waals surface area (Å²) in [6.07, 6.45) is -1.31. The highest BCUT2D eigenvalue weighted by Gasteiger charge is 2.49. The van der Waals surface area contributed by atoms with Crippen LogP contribution in [0.15, 0.2) is 0 Å². The first kappa shape index (κ1) is 9.67. The van der Waals surface area contributed by atoms with Gasteiger partial charge in [0.05, 0.1) is 6.54 Å². The zero-order chi connectivity index (χ0) is 9.19. The molecule has 6 heteroatoms. The number of nitrogens with one attached hydrogen (secondary N) is 2. The van der Waals surface area contributed by atoms with Crippen LogP contribution in [0.25, 0.3) is 0 Å². The van der Waals surface area contributed by atoms with Gasteiger partial charge in [0.2, 0.25) is 5.91 Å². The Labute approximate surface area is 73.6 Å². The Hall–Kier alpha value is -0.420. The van der Waals surface area contributed by atoms with Crippen molar-refractivity contribution in [2.24, 2.45) is 0 Å². The first-order valence-electron chi connectivity index (χ1n) is 3.55. The molecule has 0 aromatic carbocycles. The maximum Gasteiger partial charge on any atom is 0.255 e. The average Bonchev–Trinajstić information content (AvgIpc) is 2.80. The van der Waals surface area contributed by atoms with Crippen molar-refractivity contribution in [1.29, 1.82) is 0 Å². The predicted octanol–water partition coefficient (Wildman–Crippen LogP) is 0.644. The molecule has 70 valence electrons. The summed E-state index contributed by atoms with van der Waals surface area (Å²) in [7, 11) is 0. The number of amides is 1. The topological polar surface area (TPSA) is 41.1 Å². The summed E-state index contributed by atoms with van der Waals surface area (Å²) in [5.74, 6) is -0.446. The van der Waals surface area contributed by atoms with E-state index in [1.165, 1.54) is 0 Å². The van der Waals surface area contributed by atoms with E-state index in [0.717, 1.165) is 0 Å². The largest absolute Gasteiger partial charge is 0.349 e. The number of rotatable bonds is 4. The maximum absolute atomic E-state index is 11.6. The van der Waals surface area contributed by atoms with Gasteiger partial charge < -0.3 is 5.32 Å². The molecule has 0 saturated heterocycles. The molecular formula is C6H9ClF2N2O. The molecule has 0 unspecified atom stereocenters. The fourth-order valence-electron chi connectivity index (χ4n) is 0.829. The molecule has 0 atom stereocenters. The van der Waals surface area contributed by atoms with E-state index in [0.29, 0.717) is 12.8 Å². The Balaban J connectivity index is 2.29. The van der Waals surface area contributed by atoms with Crippen LogP contribution >= 0.6 is 11.8 Å². The molecule has 0 aliphatic heterocycles. The van der Waals surface area contributed by atoms with Crippen LogP contribution in [-0.2, 0) is 4.79 Å². The lowest BCUT2D eigenvalue weighted by molar-refractivity contribution is -0.124. The number of alkyl halides is 2. The van der Waals surface area contributed by atoms with E-state index in [1.807, 2.05) is 0 Å². The Kier molecular flexibility index (Phi) is 2.85. The summed E-state index contributed by atoms with van der Waals surface area (Å²) in [5, 5.41) is 2.10. The fourth-order valence-corrected chi connectivity index (χ4v) is 1.10. The quantitative estimate of drug-likeness (QED) is 0.651. The third-order valence-electron chi connectivity index (χ3n) is 1.78. The van der Waals surface area contributed by atoms with Crippen molar-refractivity contribution in [2.45, 2.75) is 24.8 Å². The van der Waals surface area contributed by atoms with Crippen LogP contribution in [0.4, 0.5) is 8.78 Å². The molecule has 1 amide bonds. The number of halogens is 3. The molecular weight excluding hydrogens is 190 g/mol. The van der Waals surface area contributed by atoms with Crippen molar-refractivity contribution >= 4 is 17.7 Å². The molecule has 3 nitrogen and oxygen atoms in total. The summed E-state index contributed by atoms with van der Waals surface area (Å²) in [5.41, 5.74) is -0.781. The Morgan fingerprint density at radius 3 is 2.50 bits per heavy atom. The highest BCUT2D eigenvalue weighted by Crippen LogP contribution is 2.35. The number of hydrogen-bond acceptors (Lipinski definition) is 2. The number of carbonyl (C=O) groups excluding carboxylic acids is 1. The molecule has 0 aromatic rings. The monoisotopic (exact) mass is 198 g/mol. The summed E-state index contributed by atoms with van der Waals surface area (Å²) in [4.78, 5) is 13.4. The van der Waals surface area contributed by atoms with E-state index in [1.54, 1.807) is 0 Å². The van der Waals surface area contributed by atoms with Gasteiger partial charge in [-0.15, -0.1) is 0 Å².